The third kappa shape index (κ3) is 7.00. The van der Waals surface area contributed by atoms with E-state index in [1.165, 1.54) is 0 Å². The molecule has 0 fully saturated rings. The van der Waals surface area contributed by atoms with Crippen molar-refractivity contribution in [3.63, 3.8) is 0 Å². The zero-order valence-corrected chi connectivity index (χ0v) is 5.80. The van der Waals surface area contributed by atoms with Crippen LogP contribution < -0.4 is 0 Å². The lowest BCUT2D eigenvalue weighted by molar-refractivity contribution is 1.22. The van der Waals surface area contributed by atoms with Gasteiger partial charge >= 0.3 is 0 Å². The van der Waals surface area contributed by atoms with Crippen LogP contribution in [0.3, 0.4) is 0 Å². The monoisotopic (exact) mass is 120 g/mol. The minimum Gasteiger partial charge on any atom is -0.121 e. The second-order valence-electron chi connectivity index (χ2n) is 1.57. The van der Waals surface area contributed by atoms with Crippen LogP contribution in [0.25, 0.3) is 0 Å². The summed E-state index contributed by atoms with van der Waals surface area (Å²) in [5.41, 5.74) is 2.92. The van der Waals surface area contributed by atoms with Gasteiger partial charge in [0.05, 0.1) is 0 Å². The van der Waals surface area contributed by atoms with E-state index in [0.29, 0.717) is 0 Å². The summed E-state index contributed by atoms with van der Waals surface area (Å²) in [6.45, 7) is 5.62. The van der Waals surface area contributed by atoms with Gasteiger partial charge in [-0.05, 0) is 18.6 Å². The molecule has 9 heavy (non-hydrogen) atoms. The molecule has 0 heteroatoms. The van der Waals surface area contributed by atoms with E-state index in [1.807, 2.05) is 12.2 Å². The third-order valence-electron chi connectivity index (χ3n) is 0.778. The van der Waals surface area contributed by atoms with Crippen molar-refractivity contribution in [3.05, 3.63) is 42.7 Å². The fraction of sp³-hybridized carbons (Fsp3) is 0.222. The molecule has 0 aromatic carbocycles. The molecule has 0 aliphatic carbocycles. The second kappa shape index (κ2) is 7.00. The van der Waals surface area contributed by atoms with Crippen molar-refractivity contribution in [2.75, 3.05) is 0 Å². The minimum atomic E-state index is 1.08. The Balaban J connectivity index is 3.58. The average Bonchev–Trinajstić information content (AvgIpc) is 1.89. The van der Waals surface area contributed by atoms with Gasteiger partial charge in [-0.3, -0.25) is 0 Å². The predicted octanol–water partition coefficient (Wildman–Crippen LogP) is 2.85. The van der Waals surface area contributed by atoms with E-state index in [9.17, 15) is 0 Å². The fourth-order valence-electron chi connectivity index (χ4n) is 0.383. The molecule has 0 bridgehead atoms. The lowest BCUT2D eigenvalue weighted by atomic mass is 10.4. The third-order valence-corrected chi connectivity index (χ3v) is 0.778. The van der Waals surface area contributed by atoms with Crippen LogP contribution in [-0.4, -0.2) is 0 Å². The molecule has 0 amide bonds. The minimum absolute atomic E-state index is 1.08. The smallest absolute Gasteiger partial charge is 0.0203 e. The summed E-state index contributed by atoms with van der Waals surface area (Å²) in [6.07, 6.45) is 10.5. The fourth-order valence-corrected chi connectivity index (χ4v) is 0.383. The largest absolute Gasteiger partial charge is 0.121 e. The Labute approximate surface area is 56.9 Å². The van der Waals surface area contributed by atoms with E-state index in [4.69, 9.17) is 0 Å². The normalized spacial score (nSPS) is 8.56. The molecule has 0 nitrogen and oxygen atoms in total. The lowest BCUT2D eigenvalue weighted by Crippen LogP contribution is -1.48. The maximum Gasteiger partial charge on any atom is -0.0203 e. The summed E-state index contributed by atoms with van der Waals surface area (Å²) in [4.78, 5) is 0. The molecular weight excluding hydrogens is 108 g/mol. The zero-order valence-electron chi connectivity index (χ0n) is 5.80. The van der Waals surface area contributed by atoms with Crippen LogP contribution >= 0.6 is 0 Å². The Bertz CT molecular complexity index is 143. The van der Waals surface area contributed by atoms with Crippen molar-refractivity contribution >= 4 is 0 Å². The molecule has 0 unspecified atom stereocenters. The molecule has 0 aliphatic heterocycles. The van der Waals surface area contributed by atoms with Gasteiger partial charge in [-0.2, -0.15) is 0 Å². The molecule has 0 aromatic rings. The van der Waals surface area contributed by atoms with Crippen LogP contribution in [0.4, 0.5) is 0 Å². The highest BCUT2D eigenvalue weighted by Gasteiger charge is 1.58. The molecule has 0 N–H and O–H groups in total. The van der Waals surface area contributed by atoms with Gasteiger partial charge in [0, 0.05) is 0 Å². The molecule has 0 aliphatic rings. The highest BCUT2D eigenvalue weighted by Crippen LogP contribution is 1.79. The maximum absolute atomic E-state index is 3.52. The summed E-state index contributed by atoms with van der Waals surface area (Å²) in [6, 6.07) is 0. The quantitative estimate of drug-likeness (QED) is 0.397. The molecule has 0 saturated carbocycles. The van der Waals surface area contributed by atoms with E-state index in [2.05, 4.69) is 25.3 Å². The molecule has 0 radical (unpaired) electrons. The van der Waals surface area contributed by atoms with Gasteiger partial charge in [-0.15, -0.1) is 5.73 Å². The predicted molar refractivity (Wildman–Crippen MR) is 42.3 cm³/mol. The van der Waals surface area contributed by atoms with E-state index in [-0.39, 0.29) is 0 Å². The first-order valence-electron chi connectivity index (χ1n) is 3.10. The van der Waals surface area contributed by atoms with Gasteiger partial charge in [0.1, 0.15) is 0 Å². The van der Waals surface area contributed by atoms with Crippen molar-refractivity contribution in [3.8, 4) is 0 Å². The Kier molecular flexibility index (Phi) is 6.22. The zero-order chi connectivity index (χ0) is 6.95. The first-order chi connectivity index (χ1) is 4.41. The first-order valence-corrected chi connectivity index (χ1v) is 3.10. The number of allylic oxidation sites excluding steroid dienone is 4. The van der Waals surface area contributed by atoms with Gasteiger partial charge in [0.2, 0.25) is 0 Å². The lowest BCUT2D eigenvalue weighted by Gasteiger charge is -1.69. The van der Waals surface area contributed by atoms with Gasteiger partial charge < -0.3 is 0 Å². The van der Waals surface area contributed by atoms with Crippen molar-refractivity contribution in [2.45, 2.75) is 13.3 Å². The van der Waals surface area contributed by atoms with Gasteiger partial charge in [0.25, 0.3) is 0 Å². The summed E-state index contributed by atoms with van der Waals surface area (Å²) in [5, 5.41) is 0. The molecule has 48 valence electrons. The van der Waals surface area contributed by atoms with Crippen molar-refractivity contribution in [2.24, 2.45) is 0 Å². The molecule has 0 aromatic heterocycles. The second-order valence-corrected chi connectivity index (χ2v) is 1.57. The topological polar surface area (TPSA) is 0 Å². The van der Waals surface area contributed by atoms with Crippen molar-refractivity contribution in [1.82, 2.24) is 0 Å². The SMILES string of the molecule is C=CC=C=C/C=C\CC. The van der Waals surface area contributed by atoms with Crippen LogP contribution in [0.15, 0.2) is 42.7 Å². The van der Waals surface area contributed by atoms with E-state index < -0.39 is 0 Å². The van der Waals surface area contributed by atoms with Crippen LogP contribution in [0.5, 0.6) is 0 Å². The van der Waals surface area contributed by atoms with Crippen molar-refractivity contribution in [1.29, 1.82) is 0 Å². The highest BCUT2D eigenvalue weighted by molar-refractivity contribution is 5.05. The molecule has 0 atom stereocenters. The molecule has 0 heterocycles. The van der Waals surface area contributed by atoms with Gasteiger partial charge in [-0.25, -0.2) is 0 Å². The molecule has 0 rings (SSSR count). The van der Waals surface area contributed by atoms with Crippen molar-refractivity contribution < 1.29 is 0 Å². The Hall–Kier alpha value is -1.00. The molecular formula is C9H12. The number of hydrogen-bond donors (Lipinski definition) is 0. The standard InChI is InChI=1S/C9H12/c1-3-5-7-9-8-6-4-2/h3,5-6,8-9H,1,4H2,2H3/b8-6-. The van der Waals surface area contributed by atoms with Gasteiger partial charge in [-0.1, -0.05) is 31.7 Å². The molecule has 0 spiro atoms. The highest BCUT2D eigenvalue weighted by atomic mass is 13.6. The number of hydrogen-bond acceptors (Lipinski definition) is 0. The first kappa shape index (κ1) is 8.00. The van der Waals surface area contributed by atoms with Crippen LogP contribution in [0.2, 0.25) is 0 Å². The maximum atomic E-state index is 3.52. The van der Waals surface area contributed by atoms with Crippen LogP contribution in [0, 0.1) is 0 Å². The summed E-state index contributed by atoms with van der Waals surface area (Å²) >= 11 is 0. The van der Waals surface area contributed by atoms with E-state index in [0.717, 1.165) is 6.42 Å². The van der Waals surface area contributed by atoms with Gasteiger partial charge in [0.15, 0.2) is 0 Å². The summed E-state index contributed by atoms with van der Waals surface area (Å²) in [7, 11) is 0. The Morgan fingerprint density at radius 2 is 2.22 bits per heavy atom. The average molecular weight is 120 g/mol. The Morgan fingerprint density at radius 3 is 2.78 bits per heavy atom. The summed E-state index contributed by atoms with van der Waals surface area (Å²) in [5.74, 6) is 0. The van der Waals surface area contributed by atoms with E-state index in [1.54, 1.807) is 12.2 Å². The number of rotatable bonds is 3. The van der Waals surface area contributed by atoms with Crippen LogP contribution in [-0.2, 0) is 0 Å². The summed E-state index contributed by atoms with van der Waals surface area (Å²) < 4.78 is 0. The Morgan fingerprint density at radius 1 is 1.44 bits per heavy atom. The van der Waals surface area contributed by atoms with E-state index >= 15 is 0 Å². The van der Waals surface area contributed by atoms with Crippen LogP contribution in [0.1, 0.15) is 13.3 Å². The molecule has 0 saturated heterocycles.